The molecule has 0 saturated carbocycles. The van der Waals surface area contributed by atoms with Crippen molar-refractivity contribution in [3.63, 3.8) is 0 Å². The third-order valence-corrected chi connectivity index (χ3v) is 4.76. The number of fused-ring (bicyclic) bond motifs is 1. The van der Waals surface area contributed by atoms with Gasteiger partial charge in [-0.3, -0.25) is 4.79 Å². The molecule has 128 valence electrons. The largest absolute Gasteiger partial charge is 0.374 e. The molecule has 1 unspecified atom stereocenters. The molecule has 6 nitrogen and oxygen atoms in total. The Hall–Kier alpha value is -2.73. The topological polar surface area (TPSA) is 81.0 Å². The maximum atomic E-state index is 12.9. The van der Waals surface area contributed by atoms with E-state index in [2.05, 4.69) is 15.3 Å². The van der Waals surface area contributed by atoms with Crippen LogP contribution in [0.5, 0.6) is 0 Å². The first-order valence-electron chi connectivity index (χ1n) is 8.16. The van der Waals surface area contributed by atoms with E-state index in [0.29, 0.717) is 17.1 Å². The zero-order chi connectivity index (χ0) is 17.4. The molecule has 1 atom stereocenters. The third-order valence-electron chi connectivity index (χ3n) is 4.44. The van der Waals surface area contributed by atoms with Gasteiger partial charge in [0.15, 0.2) is 0 Å². The number of aromatic nitrogens is 2. The molecule has 3 aromatic rings. The quantitative estimate of drug-likeness (QED) is 0.674. The van der Waals surface area contributed by atoms with E-state index in [1.807, 2.05) is 36.4 Å². The summed E-state index contributed by atoms with van der Waals surface area (Å²) in [4.78, 5) is 31.4. The Morgan fingerprint density at radius 3 is 2.72 bits per heavy atom. The van der Waals surface area contributed by atoms with Crippen LogP contribution in [0.25, 0.3) is 11.0 Å². The molecular weight excluding hydrogens is 340 g/mol. The number of halogens is 1. The van der Waals surface area contributed by atoms with Crippen LogP contribution in [0.4, 0.5) is 11.4 Å². The van der Waals surface area contributed by atoms with Gasteiger partial charge in [0.1, 0.15) is 6.04 Å². The lowest BCUT2D eigenvalue weighted by atomic mass is 10.0. The summed E-state index contributed by atoms with van der Waals surface area (Å²) in [5, 5.41) is 3.85. The van der Waals surface area contributed by atoms with Crippen molar-refractivity contribution in [3.05, 3.63) is 58.0 Å². The number of rotatable bonds is 3. The molecule has 2 heterocycles. The van der Waals surface area contributed by atoms with Gasteiger partial charge in [-0.15, -0.1) is 0 Å². The van der Waals surface area contributed by atoms with Gasteiger partial charge >= 0.3 is 5.69 Å². The van der Waals surface area contributed by atoms with Gasteiger partial charge in [0, 0.05) is 12.2 Å². The number of H-pyrrole nitrogens is 2. The first-order valence-corrected chi connectivity index (χ1v) is 8.54. The molecular formula is C18H17ClN4O2. The summed E-state index contributed by atoms with van der Waals surface area (Å²) < 4.78 is 0. The van der Waals surface area contributed by atoms with Gasteiger partial charge in [-0.25, -0.2) is 4.79 Å². The van der Waals surface area contributed by atoms with E-state index in [0.717, 1.165) is 29.7 Å². The molecule has 1 fully saturated rings. The van der Waals surface area contributed by atoms with E-state index in [9.17, 15) is 9.59 Å². The first-order chi connectivity index (χ1) is 12.1. The van der Waals surface area contributed by atoms with Crippen LogP contribution in [0.3, 0.4) is 0 Å². The van der Waals surface area contributed by atoms with Crippen molar-refractivity contribution in [1.82, 2.24) is 9.97 Å². The van der Waals surface area contributed by atoms with Crippen LogP contribution in [-0.2, 0) is 4.79 Å². The number of imidazole rings is 1. The molecule has 1 aliphatic rings. The molecule has 7 heteroatoms. The van der Waals surface area contributed by atoms with Crippen molar-refractivity contribution in [1.29, 1.82) is 0 Å². The van der Waals surface area contributed by atoms with Gasteiger partial charge in [0.25, 0.3) is 0 Å². The number of para-hydroxylation sites is 1. The summed E-state index contributed by atoms with van der Waals surface area (Å²) in [6.45, 7) is 0.658. The number of nitrogens with zero attached hydrogens (tertiary/aromatic N) is 1. The zero-order valence-corrected chi connectivity index (χ0v) is 14.1. The Labute approximate surface area is 148 Å². The number of piperidine rings is 1. The molecule has 1 amide bonds. The van der Waals surface area contributed by atoms with Crippen molar-refractivity contribution >= 4 is 39.9 Å². The Morgan fingerprint density at radius 1 is 1.08 bits per heavy atom. The highest BCUT2D eigenvalue weighted by molar-refractivity contribution is 6.33. The Balaban J connectivity index is 1.58. The summed E-state index contributed by atoms with van der Waals surface area (Å²) in [5.74, 6) is 0.00186. The number of hydrogen-bond acceptors (Lipinski definition) is 3. The highest BCUT2D eigenvalue weighted by Crippen LogP contribution is 2.29. The number of benzene rings is 2. The maximum Gasteiger partial charge on any atom is 0.323 e. The van der Waals surface area contributed by atoms with Crippen LogP contribution >= 0.6 is 11.6 Å². The second kappa shape index (κ2) is 6.29. The molecule has 3 N–H and O–H groups in total. The maximum absolute atomic E-state index is 12.9. The van der Waals surface area contributed by atoms with Crippen LogP contribution in [0.1, 0.15) is 12.8 Å². The van der Waals surface area contributed by atoms with Gasteiger partial charge in [0.05, 0.1) is 21.7 Å². The summed E-state index contributed by atoms with van der Waals surface area (Å²) in [7, 11) is 0. The summed E-state index contributed by atoms with van der Waals surface area (Å²) >= 11 is 6.25. The predicted molar refractivity (Wildman–Crippen MR) is 99.4 cm³/mol. The highest BCUT2D eigenvalue weighted by Gasteiger charge is 2.30. The highest BCUT2D eigenvalue weighted by atomic mass is 35.5. The second-order valence-electron chi connectivity index (χ2n) is 6.12. The van der Waals surface area contributed by atoms with Crippen LogP contribution in [0.15, 0.2) is 47.3 Å². The van der Waals surface area contributed by atoms with E-state index in [4.69, 9.17) is 11.6 Å². The predicted octanol–water partition coefficient (Wildman–Crippen LogP) is 3.12. The molecule has 0 aliphatic carbocycles. The molecule has 1 saturated heterocycles. The number of hydrogen-bond donors (Lipinski definition) is 3. The lowest BCUT2D eigenvalue weighted by Gasteiger charge is -2.33. The molecule has 0 bridgehead atoms. The van der Waals surface area contributed by atoms with Crippen molar-refractivity contribution in [3.8, 4) is 0 Å². The SMILES string of the molecule is O=C1C(Nc2ccc3[nH]c(=O)[nH]c3c2)CCCN1c1ccccc1Cl. The fourth-order valence-corrected chi connectivity index (χ4v) is 3.48. The van der Waals surface area contributed by atoms with Crippen LogP contribution in [-0.4, -0.2) is 28.5 Å². The normalized spacial score (nSPS) is 17.9. The molecule has 1 aromatic heterocycles. The van der Waals surface area contributed by atoms with Gasteiger partial charge in [0.2, 0.25) is 5.91 Å². The van der Waals surface area contributed by atoms with E-state index in [1.165, 1.54) is 0 Å². The molecule has 1 aliphatic heterocycles. The third kappa shape index (κ3) is 3.00. The Bertz CT molecular complexity index is 994. The lowest BCUT2D eigenvalue weighted by Crippen LogP contribution is -2.47. The minimum atomic E-state index is -0.326. The van der Waals surface area contributed by atoms with Crippen molar-refractivity contribution in [2.24, 2.45) is 0 Å². The van der Waals surface area contributed by atoms with Gasteiger partial charge in [-0.1, -0.05) is 23.7 Å². The second-order valence-corrected chi connectivity index (χ2v) is 6.53. The van der Waals surface area contributed by atoms with E-state index in [-0.39, 0.29) is 17.6 Å². The first kappa shape index (κ1) is 15.8. The summed E-state index contributed by atoms with van der Waals surface area (Å²) in [6, 6.07) is 12.5. The molecule has 25 heavy (non-hydrogen) atoms. The minimum Gasteiger partial charge on any atom is -0.374 e. The van der Waals surface area contributed by atoms with Crippen molar-refractivity contribution in [2.45, 2.75) is 18.9 Å². The summed E-state index contributed by atoms with van der Waals surface area (Å²) in [5.41, 5.74) is 2.74. The van der Waals surface area contributed by atoms with Crippen molar-refractivity contribution in [2.75, 3.05) is 16.8 Å². The number of anilines is 2. The smallest absolute Gasteiger partial charge is 0.323 e. The van der Waals surface area contributed by atoms with Gasteiger partial charge in [-0.05, 0) is 43.2 Å². The number of aromatic amines is 2. The van der Waals surface area contributed by atoms with Gasteiger partial charge in [-0.2, -0.15) is 0 Å². The monoisotopic (exact) mass is 356 g/mol. The van der Waals surface area contributed by atoms with Crippen LogP contribution < -0.4 is 15.9 Å². The lowest BCUT2D eigenvalue weighted by molar-refractivity contribution is -0.120. The standard InChI is InChI=1S/C18H17ClN4O2/c19-12-4-1-2-6-16(12)23-9-3-5-14(17(23)24)20-11-7-8-13-15(10-11)22-18(25)21-13/h1-2,4,6-8,10,14,20H,3,5,9H2,(H2,21,22,25). The average Bonchev–Trinajstić information content (AvgIpc) is 2.97. The number of amides is 1. The fourth-order valence-electron chi connectivity index (χ4n) is 3.24. The fraction of sp³-hybridized carbons (Fsp3) is 0.222. The molecule has 0 spiro atoms. The van der Waals surface area contributed by atoms with E-state index < -0.39 is 0 Å². The number of nitrogens with one attached hydrogen (secondary N) is 3. The van der Waals surface area contributed by atoms with Crippen molar-refractivity contribution < 1.29 is 4.79 Å². The van der Waals surface area contributed by atoms with Crippen LogP contribution in [0, 0.1) is 0 Å². The summed E-state index contributed by atoms with van der Waals surface area (Å²) in [6.07, 6.45) is 1.64. The van der Waals surface area contributed by atoms with E-state index in [1.54, 1.807) is 11.0 Å². The Kier molecular flexibility index (Phi) is 3.97. The molecule has 4 rings (SSSR count). The number of carbonyl (C=O) groups is 1. The van der Waals surface area contributed by atoms with Crippen LogP contribution in [0.2, 0.25) is 5.02 Å². The Morgan fingerprint density at radius 2 is 1.88 bits per heavy atom. The zero-order valence-electron chi connectivity index (χ0n) is 13.4. The van der Waals surface area contributed by atoms with E-state index >= 15 is 0 Å². The minimum absolute atomic E-state index is 0.00186. The average molecular weight is 357 g/mol. The molecule has 0 radical (unpaired) electrons. The van der Waals surface area contributed by atoms with Gasteiger partial charge < -0.3 is 20.2 Å². The molecule has 2 aromatic carbocycles. The number of carbonyl (C=O) groups excluding carboxylic acids is 1.